The summed E-state index contributed by atoms with van der Waals surface area (Å²) < 4.78 is 15.7. The first-order chi connectivity index (χ1) is 14.5. The van der Waals surface area contributed by atoms with Gasteiger partial charge in [-0.25, -0.2) is 14.4 Å². The molecule has 146 valence electrons. The predicted molar refractivity (Wildman–Crippen MR) is 109 cm³/mol. The van der Waals surface area contributed by atoms with Gasteiger partial charge < -0.3 is 18.4 Å². The fraction of sp³-hybridized carbons (Fsp3) is 0. The molecule has 30 heavy (non-hydrogen) atoms. The van der Waals surface area contributed by atoms with Crippen molar-refractivity contribution in [1.29, 1.82) is 0 Å². The van der Waals surface area contributed by atoms with Gasteiger partial charge in [-0.3, -0.25) is 0 Å². The summed E-state index contributed by atoms with van der Waals surface area (Å²) in [7, 11) is 0. The summed E-state index contributed by atoms with van der Waals surface area (Å²) in [6, 6.07) is 16.4. The van der Waals surface area contributed by atoms with Gasteiger partial charge in [0.2, 0.25) is 5.76 Å². The van der Waals surface area contributed by atoms with Crippen LogP contribution in [0, 0.1) is 0 Å². The summed E-state index contributed by atoms with van der Waals surface area (Å²) in [4.78, 5) is 36.1. The van der Waals surface area contributed by atoms with E-state index in [0.717, 1.165) is 5.39 Å². The van der Waals surface area contributed by atoms with E-state index in [2.05, 4.69) is 0 Å². The highest BCUT2D eigenvalue weighted by Crippen LogP contribution is 2.32. The molecular formula is C23H12O7. The minimum atomic E-state index is -1.21. The van der Waals surface area contributed by atoms with E-state index < -0.39 is 17.2 Å². The molecular weight excluding hydrogens is 388 g/mol. The molecule has 0 atom stereocenters. The Morgan fingerprint density at radius 2 is 1.63 bits per heavy atom. The maximum atomic E-state index is 12.6. The second-order valence-electron chi connectivity index (χ2n) is 6.64. The third kappa shape index (κ3) is 2.80. The van der Waals surface area contributed by atoms with Crippen LogP contribution in [0.2, 0.25) is 0 Å². The second kappa shape index (κ2) is 6.59. The smallest absolute Gasteiger partial charge is 0.372 e. The lowest BCUT2D eigenvalue weighted by atomic mass is 9.99. The quantitative estimate of drug-likeness (QED) is 0.443. The maximum Gasteiger partial charge on any atom is 0.372 e. The number of benzene rings is 2. The molecule has 5 rings (SSSR count). The molecule has 0 spiro atoms. The van der Waals surface area contributed by atoms with Gasteiger partial charge in [0.25, 0.3) is 0 Å². The third-order valence-corrected chi connectivity index (χ3v) is 4.85. The minimum absolute atomic E-state index is 0.208. The molecule has 3 heterocycles. The molecule has 2 aromatic carbocycles. The van der Waals surface area contributed by atoms with Gasteiger partial charge in [-0.1, -0.05) is 24.3 Å². The van der Waals surface area contributed by atoms with Crippen molar-refractivity contribution in [2.24, 2.45) is 0 Å². The molecule has 0 aliphatic rings. The monoisotopic (exact) mass is 400 g/mol. The molecule has 7 nitrogen and oxygen atoms in total. The Balaban J connectivity index is 1.76. The van der Waals surface area contributed by atoms with Gasteiger partial charge in [-0.2, -0.15) is 0 Å². The van der Waals surface area contributed by atoms with Crippen LogP contribution in [0.1, 0.15) is 10.6 Å². The lowest BCUT2D eigenvalue weighted by Gasteiger charge is -2.07. The summed E-state index contributed by atoms with van der Waals surface area (Å²) in [6.45, 7) is 0. The van der Waals surface area contributed by atoms with Crippen molar-refractivity contribution < 1.29 is 23.2 Å². The minimum Gasteiger partial charge on any atom is -0.475 e. The number of furan rings is 1. The maximum absolute atomic E-state index is 12.6. The summed E-state index contributed by atoms with van der Waals surface area (Å²) in [5.74, 6) is -1.43. The van der Waals surface area contributed by atoms with E-state index in [1.165, 1.54) is 18.4 Å². The fourth-order valence-electron chi connectivity index (χ4n) is 3.51. The fourth-order valence-corrected chi connectivity index (χ4v) is 3.51. The molecule has 0 unspecified atom stereocenters. The van der Waals surface area contributed by atoms with Gasteiger partial charge in [0, 0.05) is 28.0 Å². The number of carbonyl (C=O) groups is 1. The Labute approximate surface area is 167 Å². The highest BCUT2D eigenvalue weighted by molar-refractivity contribution is 5.98. The van der Waals surface area contributed by atoms with Crippen molar-refractivity contribution in [2.45, 2.75) is 0 Å². The average molecular weight is 400 g/mol. The molecule has 0 aliphatic carbocycles. The first kappa shape index (κ1) is 17.7. The second-order valence-corrected chi connectivity index (χ2v) is 6.64. The van der Waals surface area contributed by atoms with Crippen LogP contribution >= 0.6 is 0 Å². The van der Waals surface area contributed by atoms with E-state index in [4.69, 9.17) is 13.3 Å². The van der Waals surface area contributed by atoms with Gasteiger partial charge in [0.15, 0.2) is 0 Å². The molecule has 0 saturated heterocycles. The molecule has 0 fully saturated rings. The Morgan fingerprint density at radius 3 is 2.47 bits per heavy atom. The number of para-hydroxylation sites is 1. The largest absolute Gasteiger partial charge is 0.475 e. The first-order valence-corrected chi connectivity index (χ1v) is 8.93. The standard InChI is InChI=1S/C23H12O7/c24-20-11-16(17-9-13-3-1-2-4-18(13)30-23(17)27)15-6-5-12(10-19(15)29-20)14-7-8-28-21(14)22(25)26/h1-11H,(H,25,26). The van der Waals surface area contributed by atoms with Gasteiger partial charge in [0.05, 0.1) is 11.8 Å². The zero-order valence-electron chi connectivity index (χ0n) is 15.2. The summed E-state index contributed by atoms with van der Waals surface area (Å²) in [6.07, 6.45) is 1.27. The first-order valence-electron chi connectivity index (χ1n) is 8.93. The van der Waals surface area contributed by atoms with E-state index >= 15 is 0 Å². The number of aromatic carboxylic acids is 1. The molecule has 3 aromatic heterocycles. The van der Waals surface area contributed by atoms with Crippen molar-refractivity contribution >= 4 is 27.9 Å². The predicted octanol–water partition coefficient (Wildman–Crippen LogP) is 4.52. The number of rotatable bonds is 3. The van der Waals surface area contributed by atoms with Crippen molar-refractivity contribution in [3.05, 3.63) is 93.5 Å². The molecule has 7 heteroatoms. The van der Waals surface area contributed by atoms with Crippen LogP contribution < -0.4 is 11.3 Å². The Hall–Kier alpha value is -4.39. The average Bonchev–Trinajstić information content (AvgIpc) is 3.22. The molecule has 1 N–H and O–H groups in total. The Bertz CT molecular complexity index is 1570. The van der Waals surface area contributed by atoms with Crippen LogP contribution in [0.4, 0.5) is 0 Å². The van der Waals surface area contributed by atoms with Crippen LogP contribution in [0.25, 0.3) is 44.2 Å². The van der Waals surface area contributed by atoms with E-state index in [1.54, 1.807) is 42.5 Å². The molecule has 0 amide bonds. The lowest BCUT2D eigenvalue weighted by Crippen LogP contribution is -2.06. The molecule has 0 aliphatic heterocycles. The van der Waals surface area contributed by atoms with E-state index in [-0.39, 0.29) is 16.9 Å². The topological polar surface area (TPSA) is 111 Å². The molecule has 0 saturated carbocycles. The van der Waals surface area contributed by atoms with Gasteiger partial charge in [-0.05, 0) is 35.9 Å². The van der Waals surface area contributed by atoms with Crippen molar-refractivity contribution in [2.75, 3.05) is 0 Å². The lowest BCUT2D eigenvalue weighted by molar-refractivity contribution is 0.0663. The van der Waals surface area contributed by atoms with Crippen LogP contribution in [-0.4, -0.2) is 11.1 Å². The number of carboxylic acid groups (broad SMARTS) is 1. The summed E-state index contributed by atoms with van der Waals surface area (Å²) in [5, 5.41) is 10.5. The van der Waals surface area contributed by atoms with E-state index in [1.807, 2.05) is 6.07 Å². The zero-order chi connectivity index (χ0) is 20.8. The van der Waals surface area contributed by atoms with Crippen molar-refractivity contribution in [3.63, 3.8) is 0 Å². The van der Waals surface area contributed by atoms with Gasteiger partial charge in [0.1, 0.15) is 11.2 Å². The third-order valence-electron chi connectivity index (χ3n) is 4.85. The Morgan fingerprint density at radius 1 is 0.800 bits per heavy atom. The number of hydrogen-bond donors (Lipinski definition) is 1. The van der Waals surface area contributed by atoms with Crippen LogP contribution in [0.5, 0.6) is 0 Å². The van der Waals surface area contributed by atoms with Crippen LogP contribution in [0.3, 0.4) is 0 Å². The number of fused-ring (bicyclic) bond motifs is 2. The van der Waals surface area contributed by atoms with Crippen LogP contribution in [-0.2, 0) is 0 Å². The van der Waals surface area contributed by atoms with Crippen LogP contribution in [0.15, 0.2) is 89.8 Å². The number of hydrogen-bond acceptors (Lipinski definition) is 6. The van der Waals surface area contributed by atoms with E-state index in [9.17, 15) is 19.5 Å². The molecule has 0 radical (unpaired) electrons. The normalized spacial score (nSPS) is 11.2. The van der Waals surface area contributed by atoms with Gasteiger partial charge >= 0.3 is 17.2 Å². The molecule has 5 aromatic rings. The van der Waals surface area contributed by atoms with Crippen molar-refractivity contribution in [3.8, 4) is 22.3 Å². The SMILES string of the molecule is O=C(O)c1occc1-c1ccc2c(-c3cc4ccccc4oc3=O)cc(=O)oc2c1. The van der Waals surface area contributed by atoms with Crippen molar-refractivity contribution in [1.82, 2.24) is 0 Å². The van der Waals surface area contributed by atoms with Gasteiger partial charge in [-0.15, -0.1) is 0 Å². The summed E-state index contributed by atoms with van der Waals surface area (Å²) in [5.41, 5.74) is 0.886. The van der Waals surface area contributed by atoms with E-state index in [0.29, 0.717) is 27.7 Å². The number of carboxylic acids is 1. The summed E-state index contributed by atoms with van der Waals surface area (Å²) >= 11 is 0. The highest BCUT2D eigenvalue weighted by atomic mass is 16.4. The molecule has 0 bridgehead atoms. The Kier molecular flexibility index (Phi) is 3.89. The zero-order valence-corrected chi connectivity index (χ0v) is 15.2. The highest BCUT2D eigenvalue weighted by Gasteiger charge is 2.18.